The van der Waals surface area contributed by atoms with Gasteiger partial charge in [0.2, 0.25) is 5.95 Å². The molecule has 0 bridgehead atoms. The maximum atomic E-state index is 5.97. The molecule has 1 aromatic carbocycles. The quantitative estimate of drug-likeness (QED) is 0.285. The van der Waals surface area contributed by atoms with Gasteiger partial charge in [0.25, 0.3) is 0 Å². The molecular weight excluding hydrogens is 496 g/mol. The van der Waals surface area contributed by atoms with Gasteiger partial charge in [0.15, 0.2) is 11.6 Å². The molecule has 0 atom stereocenters. The number of aromatic nitrogens is 4. The van der Waals surface area contributed by atoms with Gasteiger partial charge < -0.3 is 10.6 Å². The summed E-state index contributed by atoms with van der Waals surface area (Å²) < 4.78 is 0.769. The lowest BCUT2D eigenvalue weighted by Gasteiger charge is -2.12. The van der Waals surface area contributed by atoms with Crippen LogP contribution in [0.2, 0.25) is 5.02 Å². The number of anilines is 3. The highest BCUT2D eigenvalue weighted by Gasteiger charge is 2.25. The minimum Gasteiger partial charge on any atom is -0.350 e. The van der Waals surface area contributed by atoms with Crippen molar-refractivity contribution in [2.45, 2.75) is 25.7 Å². The first-order valence-corrected chi connectivity index (χ1v) is 11.9. The molecule has 1 aliphatic rings. The molecule has 1 fully saturated rings. The molecule has 0 radical (unpaired) electrons. The fourth-order valence-electron chi connectivity index (χ4n) is 2.88. The average Bonchev–Trinajstić information content (AvgIpc) is 3.52. The molecule has 9 heteroatoms. The predicted molar refractivity (Wildman–Crippen MR) is 134 cm³/mol. The summed E-state index contributed by atoms with van der Waals surface area (Å²) in [6.07, 6.45) is 6.23. The molecule has 2 heterocycles. The van der Waals surface area contributed by atoms with Gasteiger partial charge in [-0.3, -0.25) is 5.10 Å². The number of hydrogen-bond acceptors (Lipinski definition) is 6. The Bertz CT molecular complexity index is 1110. The van der Waals surface area contributed by atoms with Crippen molar-refractivity contribution in [1.82, 2.24) is 20.2 Å². The van der Waals surface area contributed by atoms with E-state index in [4.69, 9.17) is 11.6 Å². The highest BCUT2D eigenvalue weighted by molar-refractivity contribution is 9.10. The van der Waals surface area contributed by atoms with Gasteiger partial charge in [0.1, 0.15) is 0 Å². The largest absolute Gasteiger partial charge is 0.350 e. The van der Waals surface area contributed by atoms with Crippen LogP contribution in [0.1, 0.15) is 36.9 Å². The molecule has 4 rings (SSSR count). The van der Waals surface area contributed by atoms with E-state index in [1.54, 1.807) is 18.0 Å². The molecule has 1 saturated carbocycles. The second-order valence-electron chi connectivity index (χ2n) is 7.14. The molecule has 0 aliphatic heterocycles. The first-order chi connectivity index (χ1) is 15.0. The fraction of sp³-hybridized carbons (Fsp3) is 0.227. The lowest BCUT2D eigenvalue weighted by molar-refractivity contribution is 0.966. The van der Waals surface area contributed by atoms with E-state index in [-0.39, 0.29) is 0 Å². The molecule has 6 nitrogen and oxygen atoms in total. The Morgan fingerprint density at radius 1 is 1.35 bits per heavy atom. The summed E-state index contributed by atoms with van der Waals surface area (Å²) in [7, 11) is 0. The first kappa shape index (κ1) is 21.9. The van der Waals surface area contributed by atoms with Crippen molar-refractivity contribution in [3.63, 3.8) is 0 Å². The second kappa shape index (κ2) is 9.89. The van der Waals surface area contributed by atoms with Crippen LogP contribution in [0.5, 0.6) is 0 Å². The van der Waals surface area contributed by atoms with E-state index < -0.39 is 0 Å². The van der Waals surface area contributed by atoms with Crippen molar-refractivity contribution in [2.75, 3.05) is 17.2 Å². The zero-order valence-electron chi connectivity index (χ0n) is 17.0. The van der Waals surface area contributed by atoms with Crippen LogP contribution in [-0.2, 0) is 0 Å². The van der Waals surface area contributed by atoms with E-state index in [2.05, 4.69) is 59.4 Å². The Labute approximate surface area is 199 Å². The van der Waals surface area contributed by atoms with Crippen molar-refractivity contribution in [3.05, 3.63) is 74.8 Å². The third-order valence-electron chi connectivity index (χ3n) is 4.77. The number of hydrogen-bond donors (Lipinski definition) is 3. The van der Waals surface area contributed by atoms with Gasteiger partial charge in [0, 0.05) is 45.3 Å². The maximum Gasteiger partial charge on any atom is 0.224 e. The number of aromatic amines is 1. The van der Waals surface area contributed by atoms with Gasteiger partial charge in [-0.25, -0.2) is 4.98 Å². The summed E-state index contributed by atoms with van der Waals surface area (Å²) >= 11 is 11.1. The van der Waals surface area contributed by atoms with Gasteiger partial charge in [-0.05, 0) is 53.4 Å². The van der Waals surface area contributed by atoms with Crippen LogP contribution in [0.3, 0.4) is 0 Å². The van der Waals surface area contributed by atoms with Gasteiger partial charge in [-0.15, -0.1) is 0 Å². The Hall–Kier alpha value is -2.29. The summed E-state index contributed by atoms with van der Waals surface area (Å²) in [5.74, 6) is 2.55. The molecule has 31 heavy (non-hydrogen) atoms. The lowest BCUT2D eigenvalue weighted by atomic mass is 10.2. The minimum absolute atomic E-state index is 0.528. The van der Waals surface area contributed by atoms with E-state index >= 15 is 0 Å². The molecule has 0 amide bonds. The van der Waals surface area contributed by atoms with E-state index in [0.717, 1.165) is 25.7 Å². The number of benzene rings is 1. The monoisotopic (exact) mass is 516 g/mol. The van der Waals surface area contributed by atoms with Crippen molar-refractivity contribution in [1.29, 1.82) is 0 Å². The molecule has 2 aromatic heterocycles. The number of nitrogens with zero attached hydrogens (tertiary/aromatic N) is 3. The van der Waals surface area contributed by atoms with E-state index in [1.165, 1.54) is 18.5 Å². The number of halogens is 2. The van der Waals surface area contributed by atoms with Crippen molar-refractivity contribution in [3.8, 4) is 0 Å². The third-order valence-corrected chi connectivity index (χ3v) is 6.73. The smallest absolute Gasteiger partial charge is 0.224 e. The van der Waals surface area contributed by atoms with Gasteiger partial charge in [0.05, 0.1) is 4.47 Å². The third kappa shape index (κ3) is 5.90. The number of H-pyrrole nitrogens is 1. The highest BCUT2D eigenvalue weighted by Crippen LogP contribution is 2.40. The zero-order chi connectivity index (χ0) is 21.8. The molecule has 3 N–H and O–H groups in total. The fourth-order valence-corrected chi connectivity index (χ4v) is 4.13. The van der Waals surface area contributed by atoms with E-state index in [1.807, 2.05) is 37.3 Å². The number of nitrogens with one attached hydrogen (secondary N) is 3. The number of allylic oxidation sites excluding steroid dienone is 1. The van der Waals surface area contributed by atoms with Crippen LogP contribution < -0.4 is 10.6 Å². The summed E-state index contributed by atoms with van der Waals surface area (Å²) in [5.41, 5.74) is 2.21. The number of thioether (sulfide) groups is 1. The van der Waals surface area contributed by atoms with Crippen LogP contribution in [-0.4, -0.2) is 26.7 Å². The number of rotatable bonds is 9. The molecule has 3 aromatic rings. The Balaban J connectivity index is 1.37. The second-order valence-corrected chi connectivity index (χ2v) is 9.65. The molecular formula is C22H22BrClN6S. The average molecular weight is 518 g/mol. The van der Waals surface area contributed by atoms with E-state index in [9.17, 15) is 0 Å². The highest BCUT2D eigenvalue weighted by atomic mass is 79.9. The molecule has 0 spiro atoms. The molecule has 160 valence electrons. The van der Waals surface area contributed by atoms with Crippen LogP contribution in [0.4, 0.5) is 17.6 Å². The van der Waals surface area contributed by atoms with Crippen LogP contribution in [0.15, 0.2) is 58.6 Å². The standard InChI is InChI=1S/C22H22BrClN6S/c1-3-17(31-13(2)14-6-8-16(24)9-7-14)11-25-22-26-12-18(23)21(28-22)27-20-10-19(29-30-20)15-4-5-15/h3,6-10,12,15H,2,4-5,11H2,1H3,(H3,25,26,27,28,29,30)/b17-3-. The Morgan fingerprint density at radius 3 is 2.84 bits per heavy atom. The Kier molecular flexibility index (Phi) is 6.99. The Morgan fingerprint density at radius 2 is 2.13 bits per heavy atom. The van der Waals surface area contributed by atoms with Crippen molar-refractivity contribution in [2.24, 2.45) is 0 Å². The summed E-state index contributed by atoms with van der Waals surface area (Å²) in [4.78, 5) is 11.0. The summed E-state index contributed by atoms with van der Waals surface area (Å²) in [5, 5.41) is 14.7. The predicted octanol–water partition coefficient (Wildman–Crippen LogP) is 6.96. The lowest BCUT2D eigenvalue weighted by Crippen LogP contribution is -2.08. The first-order valence-electron chi connectivity index (χ1n) is 9.88. The van der Waals surface area contributed by atoms with Crippen LogP contribution in [0.25, 0.3) is 4.91 Å². The van der Waals surface area contributed by atoms with Crippen LogP contribution in [0, 0.1) is 0 Å². The minimum atomic E-state index is 0.528. The van der Waals surface area contributed by atoms with Gasteiger partial charge in [-0.2, -0.15) is 10.1 Å². The van der Waals surface area contributed by atoms with Gasteiger partial charge >= 0.3 is 0 Å². The SMILES string of the molecule is C=C(S/C(=C\C)CNc1ncc(Br)c(Nc2cc(C3CC3)[nH]n2)n1)c1ccc(Cl)cc1. The normalized spacial score (nSPS) is 13.8. The van der Waals surface area contributed by atoms with Crippen molar-refractivity contribution < 1.29 is 0 Å². The summed E-state index contributed by atoms with van der Waals surface area (Å²) in [6.45, 7) is 6.77. The zero-order valence-corrected chi connectivity index (χ0v) is 20.1. The molecule has 1 aliphatic carbocycles. The van der Waals surface area contributed by atoms with E-state index in [0.29, 0.717) is 29.3 Å². The molecule has 0 saturated heterocycles. The molecule has 0 unspecified atom stereocenters. The van der Waals surface area contributed by atoms with Crippen molar-refractivity contribution >= 4 is 61.8 Å². The maximum absolute atomic E-state index is 5.97. The van der Waals surface area contributed by atoms with Gasteiger partial charge in [-0.1, -0.05) is 48.2 Å². The summed E-state index contributed by atoms with van der Waals surface area (Å²) in [6, 6.07) is 9.71. The topological polar surface area (TPSA) is 78.5 Å². The van der Waals surface area contributed by atoms with Crippen LogP contribution >= 0.6 is 39.3 Å².